The maximum Gasteiger partial charge on any atom is 0.416 e. The van der Waals surface area contributed by atoms with E-state index < -0.39 is 17.3 Å². The van der Waals surface area contributed by atoms with Crippen LogP contribution in [0.2, 0.25) is 0 Å². The fraction of sp³-hybridized carbons (Fsp3) is 0.600. The normalized spacial score (nSPS) is 24.1. The van der Waals surface area contributed by atoms with Crippen LogP contribution in [0.15, 0.2) is 24.3 Å². The first kappa shape index (κ1) is 14.4. The average Bonchev–Trinajstić information content (AvgIpc) is 2.77. The maximum absolute atomic E-state index is 13.2. The zero-order valence-corrected chi connectivity index (χ0v) is 11.3. The third-order valence-electron chi connectivity index (χ3n) is 3.75. The second-order valence-electron chi connectivity index (χ2n) is 5.75. The molecule has 1 aromatic carbocycles. The summed E-state index contributed by atoms with van der Waals surface area (Å²) in [6.07, 6.45) is -1.85. The number of benzene rings is 1. The van der Waals surface area contributed by atoms with E-state index in [2.05, 4.69) is 19.2 Å². The molecule has 0 spiro atoms. The monoisotopic (exact) mass is 271 g/mol. The van der Waals surface area contributed by atoms with E-state index >= 15 is 0 Å². The van der Waals surface area contributed by atoms with Crippen LogP contribution in [0.5, 0.6) is 0 Å². The molecular formula is C15H20F3N. The van der Waals surface area contributed by atoms with Crippen molar-refractivity contribution in [2.24, 2.45) is 5.92 Å². The van der Waals surface area contributed by atoms with Crippen LogP contribution >= 0.6 is 0 Å². The molecule has 0 saturated carbocycles. The van der Waals surface area contributed by atoms with Gasteiger partial charge >= 0.3 is 6.18 Å². The molecule has 1 aliphatic rings. The third kappa shape index (κ3) is 2.94. The van der Waals surface area contributed by atoms with Crippen molar-refractivity contribution in [2.75, 3.05) is 6.54 Å². The molecule has 1 N–H and O–H groups in total. The number of alkyl halides is 3. The Morgan fingerprint density at radius 2 is 1.95 bits per heavy atom. The lowest BCUT2D eigenvalue weighted by Crippen LogP contribution is -2.39. The topological polar surface area (TPSA) is 12.0 Å². The van der Waals surface area contributed by atoms with Crippen LogP contribution in [0.1, 0.15) is 44.2 Å². The highest BCUT2D eigenvalue weighted by atomic mass is 19.4. The van der Waals surface area contributed by atoms with Gasteiger partial charge in [0.25, 0.3) is 0 Å². The molecular weight excluding hydrogens is 251 g/mol. The summed E-state index contributed by atoms with van der Waals surface area (Å²) >= 11 is 0. The van der Waals surface area contributed by atoms with Crippen molar-refractivity contribution < 1.29 is 13.2 Å². The molecule has 106 valence electrons. The number of hydrogen-bond donors (Lipinski definition) is 1. The van der Waals surface area contributed by atoms with E-state index in [9.17, 15) is 13.2 Å². The molecule has 0 amide bonds. The Labute approximate surface area is 112 Å². The minimum Gasteiger partial charge on any atom is -0.307 e. The van der Waals surface area contributed by atoms with E-state index in [1.807, 2.05) is 0 Å². The third-order valence-corrected chi connectivity index (χ3v) is 3.75. The molecule has 1 unspecified atom stereocenters. The van der Waals surface area contributed by atoms with E-state index in [0.717, 1.165) is 25.8 Å². The molecule has 1 saturated heterocycles. The first-order chi connectivity index (χ1) is 8.85. The molecule has 0 bridgehead atoms. The summed E-state index contributed by atoms with van der Waals surface area (Å²) in [5.74, 6) is 0.354. The molecule has 1 aliphatic heterocycles. The molecule has 19 heavy (non-hydrogen) atoms. The summed E-state index contributed by atoms with van der Waals surface area (Å²) in [6.45, 7) is 4.90. The van der Waals surface area contributed by atoms with Gasteiger partial charge in [0, 0.05) is 5.54 Å². The number of rotatable bonds is 3. The summed E-state index contributed by atoms with van der Waals surface area (Å²) in [5.41, 5.74) is -0.598. The van der Waals surface area contributed by atoms with Gasteiger partial charge in [0.2, 0.25) is 0 Å². The number of hydrogen-bond acceptors (Lipinski definition) is 1. The lowest BCUT2D eigenvalue weighted by molar-refractivity contribution is -0.139. The lowest BCUT2D eigenvalue weighted by atomic mass is 9.79. The fourth-order valence-corrected chi connectivity index (χ4v) is 3.16. The molecule has 4 heteroatoms. The van der Waals surface area contributed by atoms with E-state index in [4.69, 9.17) is 0 Å². The summed E-state index contributed by atoms with van der Waals surface area (Å²) < 4.78 is 39.5. The number of halogens is 3. The smallest absolute Gasteiger partial charge is 0.307 e. The first-order valence-electron chi connectivity index (χ1n) is 6.77. The minimum absolute atomic E-state index is 0.354. The highest BCUT2D eigenvalue weighted by Gasteiger charge is 2.43. The van der Waals surface area contributed by atoms with Gasteiger partial charge in [-0.05, 0) is 43.4 Å². The van der Waals surface area contributed by atoms with Crippen LogP contribution in [0.25, 0.3) is 0 Å². The summed E-state index contributed by atoms with van der Waals surface area (Å²) in [7, 11) is 0. The summed E-state index contributed by atoms with van der Waals surface area (Å²) in [5, 5.41) is 3.33. The lowest BCUT2D eigenvalue weighted by Gasteiger charge is -2.34. The minimum atomic E-state index is -4.29. The Kier molecular flexibility index (Phi) is 3.90. The van der Waals surface area contributed by atoms with Crippen molar-refractivity contribution in [3.05, 3.63) is 35.4 Å². The van der Waals surface area contributed by atoms with Gasteiger partial charge in [-0.15, -0.1) is 0 Å². The van der Waals surface area contributed by atoms with Gasteiger partial charge in [-0.2, -0.15) is 13.2 Å². The molecule has 1 nitrogen and oxygen atoms in total. The zero-order valence-electron chi connectivity index (χ0n) is 11.3. The second-order valence-corrected chi connectivity index (χ2v) is 5.75. The van der Waals surface area contributed by atoms with Crippen molar-refractivity contribution >= 4 is 0 Å². The van der Waals surface area contributed by atoms with Crippen LogP contribution in [0.3, 0.4) is 0 Å². The second kappa shape index (κ2) is 5.16. The molecule has 0 aliphatic carbocycles. The fourth-order valence-electron chi connectivity index (χ4n) is 3.16. The van der Waals surface area contributed by atoms with E-state index in [1.54, 1.807) is 12.1 Å². The van der Waals surface area contributed by atoms with Crippen LogP contribution in [-0.2, 0) is 11.7 Å². The molecule has 1 aromatic rings. The SMILES string of the molecule is CC(C)CC1(c2ccccc2C(F)(F)F)CCCN1. The van der Waals surface area contributed by atoms with E-state index in [-0.39, 0.29) is 0 Å². The molecule has 1 fully saturated rings. The van der Waals surface area contributed by atoms with Gasteiger partial charge in [-0.1, -0.05) is 32.0 Å². The highest BCUT2D eigenvalue weighted by molar-refractivity contribution is 5.36. The van der Waals surface area contributed by atoms with Crippen molar-refractivity contribution in [3.8, 4) is 0 Å². The Morgan fingerprint density at radius 1 is 1.26 bits per heavy atom. The summed E-state index contributed by atoms with van der Waals surface area (Å²) in [4.78, 5) is 0. The molecule has 1 atom stereocenters. The van der Waals surface area contributed by atoms with Gasteiger partial charge in [0.15, 0.2) is 0 Å². The molecule has 1 heterocycles. The van der Waals surface area contributed by atoms with Crippen molar-refractivity contribution in [1.29, 1.82) is 0 Å². The Morgan fingerprint density at radius 3 is 2.47 bits per heavy atom. The predicted molar refractivity (Wildman–Crippen MR) is 69.8 cm³/mol. The van der Waals surface area contributed by atoms with Gasteiger partial charge in [0.1, 0.15) is 0 Å². The van der Waals surface area contributed by atoms with Crippen LogP contribution in [-0.4, -0.2) is 6.54 Å². The van der Waals surface area contributed by atoms with Gasteiger partial charge in [-0.3, -0.25) is 0 Å². The van der Waals surface area contributed by atoms with E-state index in [0.29, 0.717) is 11.5 Å². The van der Waals surface area contributed by atoms with Crippen LogP contribution in [0, 0.1) is 5.92 Å². The Hall–Kier alpha value is -1.03. The first-order valence-corrected chi connectivity index (χ1v) is 6.77. The van der Waals surface area contributed by atoms with Crippen molar-refractivity contribution in [2.45, 2.75) is 44.8 Å². The number of nitrogens with one attached hydrogen (secondary N) is 1. The average molecular weight is 271 g/mol. The Balaban J connectivity index is 2.48. The van der Waals surface area contributed by atoms with Gasteiger partial charge in [0.05, 0.1) is 5.56 Å². The summed E-state index contributed by atoms with van der Waals surface area (Å²) in [6, 6.07) is 5.98. The zero-order chi connectivity index (χ0) is 14.1. The van der Waals surface area contributed by atoms with Gasteiger partial charge < -0.3 is 5.32 Å². The van der Waals surface area contributed by atoms with Gasteiger partial charge in [-0.25, -0.2) is 0 Å². The van der Waals surface area contributed by atoms with Crippen molar-refractivity contribution in [3.63, 3.8) is 0 Å². The quantitative estimate of drug-likeness (QED) is 0.862. The van der Waals surface area contributed by atoms with Crippen LogP contribution in [0.4, 0.5) is 13.2 Å². The molecule has 2 rings (SSSR count). The molecule has 0 aromatic heterocycles. The Bertz CT molecular complexity index is 431. The largest absolute Gasteiger partial charge is 0.416 e. The van der Waals surface area contributed by atoms with Crippen molar-refractivity contribution in [1.82, 2.24) is 5.32 Å². The highest BCUT2D eigenvalue weighted by Crippen LogP contribution is 2.43. The van der Waals surface area contributed by atoms with Crippen LogP contribution < -0.4 is 5.32 Å². The predicted octanol–water partition coefficient (Wildman–Crippen LogP) is 4.33. The van der Waals surface area contributed by atoms with E-state index in [1.165, 1.54) is 12.1 Å². The standard InChI is InChI=1S/C15H20F3N/c1-11(2)10-14(8-5-9-19-14)12-6-3-4-7-13(12)15(16,17)18/h3-4,6-7,11,19H,5,8-10H2,1-2H3. The maximum atomic E-state index is 13.2. The molecule has 0 radical (unpaired) electrons.